The lowest BCUT2D eigenvalue weighted by Gasteiger charge is -2.38. The third-order valence-electron chi connectivity index (χ3n) is 6.38. The highest BCUT2D eigenvalue weighted by atomic mass is 79.9. The summed E-state index contributed by atoms with van der Waals surface area (Å²) in [6.07, 6.45) is -0.321. The first-order valence-corrected chi connectivity index (χ1v) is 17.5. The van der Waals surface area contributed by atoms with Crippen molar-refractivity contribution in [3.05, 3.63) is 34.1 Å². The Bertz CT molecular complexity index is 1090. The van der Waals surface area contributed by atoms with Crippen molar-refractivity contribution in [1.82, 2.24) is 9.96 Å². The summed E-state index contributed by atoms with van der Waals surface area (Å²) in [6.45, 7) is 14.0. The number of carbonyl (C=O) groups excluding carboxylic acids is 2. The summed E-state index contributed by atoms with van der Waals surface area (Å²) >= 11 is 4.50. The molecule has 2 aliphatic rings. The number of aliphatic imine (C=N–C) groups is 1. The average molecular weight is 619 g/mol. The normalized spacial score (nSPS) is 25.2. The summed E-state index contributed by atoms with van der Waals surface area (Å²) in [4.78, 5) is 32.7. The van der Waals surface area contributed by atoms with Gasteiger partial charge >= 0.3 is 6.09 Å². The second-order valence-corrected chi connectivity index (χ2v) is 19.8. The van der Waals surface area contributed by atoms with Gasteiger partial charge < -0.3 is 9.47 Å². The number of nitrogens with zero attached hydrogens (tertiary/aromatic N) is 3. The number of fused-ring (bicyclic) bond motifs is 1. The van der Waals surface area contributed by atoms with Crippen LogP contribution in [0.2, 0.25) is 25.7 Å². The smallest absolute Gasteiger partial charge is 0.418 e. The van der Waals surface area contributed by atoms with Crippen LogP contribution in [0, 0.1) is 11.7 Å². The zero-order valence-electron chi connectivity index (χ0n) is 22.7. The Hall–Kier alpha value is -1.47. The van der Waals surface area contributed by atoms with Crippen molar-refractivity contribution in [2.45, 2.75) is 75.7 Å². The Labute approximate surface area is 232 Å². The minimum atomic E-state index is -1.38. The van der Waals surface area contributed by atoms with Crippen LogP contribution >= 0.6 is 27.7 Å². The second-order valence-electron chi connectivity index (χ2n) is 12.0. The molecule has 2 amide bonds. The Kier molecular flexibility index (Phi) is 8.61. The number of thioether (sulfide) groups is 1. The summed E-state index contributed by atoms with van der Waals surface area (Å²) in [7, 11) is -0.112. The van der Waals surface area contributed by atoms with Crippen molar-refractivity contribution in [2.24, 2.45) is 10.9 Å². The van der Waals surface area contributed by atoms with Crippen LogP contribution in [0.25, 0.3) is 0 Å². The summed E-state index contributed by atoms with van der Waals surface area (Å²) in [6, 6.07) is 5.48. The molecular weight excluding hydrogens is 581 g/mol. The molecule has 0 spiro atoms. The van der Waals surface area contributed by atoms with Gasteiger partial charge in [-0.1, -0.05) is 47.3 Å². The van der Waals surface area contributed by atoms with Crippen LogP contribution in [0.3, 0.4) is 0 Å². The SMILES string of the molecule is CN(O)C(=O)[C@]12C[C@H]1[C@@](C)(c1cc(Br)ccc1F)N=C(N(COCC[Si](C)(C)C)C(=O)OC(C)(C)C)S2. The molecule has 12 heteroatoms. The van der Waals surface area contributed by atoms with Gasteiger partial charge in [0.05, 0.1) is 5.54 Å². The van der Waals surface area contributed by atoms with E-state index in [9.17, 15) is 14.8 Å². The van der Waals surface area contributed by atoms with Gasteiger partial charge in [0.25, 0.3) is 5.91 Å². The molecule has 1 fully saturated rings. The molecule has 37 heavy (non-hydrogen) atoms. The molecule has 1 aliphatic heterocycles. The van der Waals surface area contributed by atoms with Crippen molar-refractivity contribution in [3.63, 3.8) is 0 Å². The number of halogens is 2. The lowest BCUT2D eigenvalue weighted by molar-refractivity contribution is -0.160. The molecule has 206 valence electrons. The van der Waals surface area contributed by atoms with Crippen molar-refractivity contribution < 1.29 is 28.7 Å². The van der Waals surface area contributed by atoms with Crippen LogP contribution in [0.15, 0.2) is 27.7 Å². The predicted octanol–water partition coefficient (Wildman–Crippen LogP) is 6.06. The maximum atomic E-state index is 15.2. The van der Waals surface area contributed by atoms with E-state index in [0.29, 0.717) is 28.1 Å². The molecule has 1 aromatic rings. The minimum Gasteiger partial charge on any atom is -0.443 e. The van der Waals surface area contributed by atoms with Gasteiger partial charge in [0, 0.05) is 37.7 Å². The zero-order chi connectivity index (χ0) is 28.0. The monoisotopic (exact) mass is 617 g/mol. The van der Waals surface area contributed by atoms with E-state index >= 15 is 4.39 Å². The molecule has 1 aliphatic carbocycles. The molecule has 1 saturated carbocycles. The van der Waals surface area contributed by atoms with Crippen LogP contribution in [0.1, 0.15) is 39.7 Å². The molecule has 8 nitrogen and oxygen atoms in total. The fourth-order valence-electron chi connectivity index (χ4n) is 4.31. The molecule has 1 N–H and O–H groups in total. The van der Waals surface area contributed by atoms with Gasteiger partial charge in [-0.25, -0.2) is 19.1 Å². The lowest BCUT2D eigenvalue weighted by Crippen LogP contribution is -2.48. The van der Waals surface area contributed by atoms with Gasteiger partial charge in [-0.05, 0) is 58.4 Å². The third kappa shape index (κ3) is 6.76. The van der Waals surface area contributed by atoms with Crippen molar-refractivity contribution in [1.29, 1.82) is 0 Å². The van der Waals surface area contributed by atoms with Crippen molar-refractivity contribution >= 4 is 52.9 Å². The Morgan fingerprint density at radius 1 is 1.32 bits per heavy atom. The van der Waals surface area contributed by atoms with E-state index in [0.717, 1.165) is 17.8 Å². The molecule has 0 radical (unpaired) electrons. The Morgan fingerprint density at radius 3 is 2.54 bits per heavy atom. The molecular formula is C25H37BrFN3O5SSi. The fourth-order valence-corrected chi connectivity index (χ4v) is 7.07. The fraction of sp³-hybridized carbons (Fsp3) is 0.640. The van der Waals surface area contributed by atoms with Crippen LogP contribution in [0.4, 0.5) is 9.18 Å². The molecule has 1 aromatic carbocycles. The Morgan fingerprint density at radius 2 is 1.97 bits per heavy atom. The first kappa shape index (κ1) is 30.1. The Balaban J connectivity index is 2.07. The van der Waals surface area contributed by atoms with E-state index in [1.54, 1.807) is 39.8 Å². The number of hydrogen-bond donors (Lipinski definition) is 1. The molecule has 3 rings (SSSR count). The summed E-state index contributed by atoms with van der Waals surface area (Å²) < 4.78 is 26.3. The van der Waals surface area contributed by atoms with E-state index in [1.807, 2.05) is 0 Å². The van der Waals surface area contributed by atoms with Crippen LogP contribution < -0.4 is 0 Å². The van der Waals surface area contributed by atoms with E-state index in [2.05, 4.69) is 35.6 Å². The standard InChI is InChI=1S/C25H37BrFN3O5SSi/c1-23(2,3)35-22(32)30(15-34-11-12-37(6,7)8)21-28-24(4,17-13-16(26)9-10-18(17)27)19-14-25(19,36-21)20(31)29(5)33/h9-10,13,19,33H,11-12,14-15H2,1-8H3/t19-,24+,25-/m0/s1. The number of amidine groups is 1. The van der Waals surface area contributed by atoms with Gasteiger partial charge in [0.15, 0.2) is 5.17 Å². The number of benzene rings is 1. The van der Waals surface area contributed by atoms with Crippen molar-refractivity contribution in [2.75, 3.05) is 20.4 Å². The topological polar surface area (TPSA) is 91.7 Å². The van der Waals surface area contributed by atoms with Crippen molar-refractivity contribution in [3.8, 4) is 0 Å². The quantitative estimate of drug-likeness (QED) is 0.131. The highest BCUT2D eigenvalue weighted by molar-refractivity contribution is 9.10. The number of carbonyl (C=O) groups is 2. The largest absolute Gasteiger partial charge is 0.443 e. The van der Waals surface area contributed by atoms with Gasteiger partial charge in [0.1, 0.15) is 22.9 Å². The van der Waals surface area contributed by atoms with E-state index in [4.69, 9.17) is 14.5 Å². The molecule has 0 unspecified atom stereocenters. The van der Waals surface area contributed by atoms with E-state index < -0.39 is 47.7 Å². The molecule has 0 bridgehead atoms. The summed E-state index contributed by atoms with van der Waals surface area (Å²) in [5.74, 6) is -1.39. The summed E-state index contributed by atoms with van der Waals surface area (Å²) in [5.41, 5.74) is -1.67. The predicted molar refractivity (Wildman–Crippen MR) is 149 cm³/mol. The summed E-state index contributed by atoms with van der Waals surface area (Å²) in [5, 5.41) is 10.8. The number of hydrogen-bond acceptors (Lipinski definition) is 7. The van der Waals surface area contributed by atoms with Crippen LogP contribution in [0.5, 0.6) is 0 Å². The second kappa shape index (κ2) is 10.6. The highest BCUT2D eigenvalue weighted by Crippen LogP contribution is 2.67. The molecule has 0 aromatic heterocycles. The highest BCUT2D eigenvalue weighted by Gasteiger charge is 2.72. The molecule has 0 saturated heterocycles. The van der Waals surface area contributed by atoms with Gasteiger partial charge in [-0.2, -0.15) is 0 Å². The van der Waals surface area contributed by atoms with Crippen LogP contribution in [-0.4, -0.2) is 71.1 Å². The maximum Gasteiger partial charge on any atom is 0.418 e. The first-order valence-electron chi connectivity index (χ1n) is 12.2. The zero-order valence-corrected chi connectivity index (χ0v) is 26.1. The number of hydroxylamine groups is 2. The molecule has 1 heterocycles. The minimum absolute atomic E-state index is 0.133. The number of rotatable bonds is 7. The average Bonchev–Trinajstić information content (AvgIpc) is 3.49. The van der Waals surface area contributed by atoms with Gasteiger partial charge in [0.2, 0.25) is 0 Å². The lowest BCUT2D eigenvalue weighted by atomic mass is 9.85. The van der Waals surface area contributed by atoms with Gasteiger partial charge in [-0.3, -0.25) is 15.0 Å². The number of ether oxygens (including phenoxy) is 2. The maximum absolute atomic E-state index is 15.2. The molecule has 3 atom stereocenters. The van der Waals surface area contributed by atoms with E-state index in [1.165, 1.54) is 18.0 Å². The first-order chi connectivity index (χ1) is 16.9. The van der Waals surface area contributed by atoms with Gasteiger partial charge in [-0.15, -0.1) is 0 Å². The number of amides is 2. The van der Waals surface area contributed by atoms with Crippen LogP contribution in [-0.2, 0) is 19.8 Å². The third-order valence-corrected chi connectivity index (χ3v) is 10.1. The van der Waals surface area contributed by atoms with E-state index in [-0.39, 0.29) is 11.9 Å².